The van der Waals surface area contributed by atoms with Crippen LogP contribution in [0.1, 0.15) is 29.2 Å². The van der Waals surface area contributed by atoms with Gasteiger partial charge in [-0.1, -0.05) is 60.7 Å². The second-order valence-corrected chi connectivity index (χ2v) is 9.65. The average Bonchev–Trinajstić information content (AvgIpc) is 3.61. The summed E-state index contributed by atoms with van der Waals surface area (Å²) in [6.45, 7) is 1.01. The molecule has 2 aliphatic rings. The van der Waals surface area contributed by atoms with Gasteiger partial charge >= 0.3 is 0 Å². The third-order valence-corrected chi connectivity index (χ3v) is 7.41. The molecule has 2 aliphatic heterocycles. The van der Waals surface area contributed by atoms with Gasteiger partial charge in [0.15, 0.2) is 23.2 Å². The van der Waals surface area contributed by atoms with E-state index in [1.54, 1.807) is 0 Å². The zero-order valence-corrected chi connectivity index (χ0v) is 20.1. The average molecular weight is 508 g/mol. The number of nitrogens with zero attached hydrogens (tertiary/aromatic N) is 5. The van der Waals surface area contributed by atoms with E-state index in [9.17, 15) is 15.3 Å². The first-order valence-electron chi connectivity index (χ1n) is 11.9. The number of hydrogen-bond acceptors (Lipinski definition) is 8. The summed E-state index contributed by atoms with van der Waals surface area (Å²) in [4.78, 5) is 15.7. The number of hydrogen-bond donors (Lipinski definition) is 3. The van der Waals surface area contributed by atoms with E-state index in [4.69, 9.17) is 16.3 Å². The summed E-state index contributed by atoms with van der Waals surface area (Å²) < 4.78 is 7.24. The molecule has 4 aromatic rings. The van der Waals surface area contributed by atoms with Crippen molar-refractivity contribution in [1.29, 1.82) is 0 Å². The highest BCUT2D eigenvalue weighted by molar-refractivity contribution is 6.28. The monoisotopic (exact) mass is 507 g/mol. The summed E-state index contributed by atoms with van der Waals surface area (Å²) >= 11 is 6.38. The molecule has 3 N–H and O–H groups in total. The lowest BCUT2D eigenvalue weighted by atomic mass is 9.84. The Morgan fingerprint density at radius 3 is 2.06 bits per heavy atom. The van der Waals surface area contributed by atoms with Gasteiger partial charge in [-0.15, -0.1) is 0 Å². The Hall–Kier alpha value is -3.08. The van der Waals surface area contributed by atoms with E-state index in [2.05, 4.69) is 68.4 Å². The number of benzene rings is 2. The van der Waals surface area contributed by atoms with Crippen molar-refractivity contribution in [2.24, 2.45) is 0 Å². The summed E-state index contributed by atoms with van der Waals surface area (Å²) in [7, 11) is 0. The van der Waals surface area contributed by atoms with Crippen LogP contribution in [0.2, 0.25) is 5.28 Å². The van der Waals surface area contributed by atoms with Gasteiger partial charge < -0.3 is 25.0 Å². The Balaban J connectivity index is 1.39. The van der Waals surface area contributed by atoms with E-state index >= 15 is 0 Å². The highest BCUT2D eigenvalue weighted by Gasteiger charge is 2.44. The van der Waals surface area contributed by atoms with E-state index in [-0.39, 0.29) is 17.1 Å². The van der Waals surface area contributed by atoms with Crippen molar-refractivity contribution in [2.75, 3.05) is 24.6 Å². The normalized spacial score (nSPS) is 28.3. The molecule has 2 saturated heterocycles. The first kappa shape index (κ1) is 23.3. The first-order chi connectivity index (χ1) is 17.5. The summed E-state index contributed by atoms with van der Waals surface area (Å²) in [6, 6.07) is 20.9. The molecule has 0 radical (unpaired) electrons. The maximum atomic E-state index is 10.5. The summed E-state index contributed by atoms with van der Waals surface area (Å²) in [5.41, 5.74) is 3.42. The zero-order chi connectivity index (χ0) is 24.8. The maximum Gasteiger partial charge on any atom is 0.226 e. The van der Waals surface area contributed by atoms with Gasteiger partial charge in [0.05, 0.1) is 12.9 Å². The number of anilines is 1. The van der Waals surface area contributed by atoms with Crippen LogP contribution in [0.25, 0.3) is 11.2 Å². The Morgan fingerprint density at radius 1 is 0.889 bits per heavy atom. The Morgan fingerprint density at radius 2 is 1.50 bits per heavy atom. The summed E-state index contributed by atoms with van der Waals surface area (Å²) in [5.74, 6) is 1.08. The van der Waals surface area contributed by atoms with Crippen molar-refractivity contribution < 1.29 is 20.1 Å². The standard InChI is InChI=1S/C26H26ClN5O4/c27-26-29-23(20-24(30-26)32(14-28-20)25-22(35)21(34)19(13-33)36-25)31-11-17(15-7-3-1-4-8-15)18(12-31)16-9-5-2-6-10-16/h1-10,14,17-19,21-22,25,33-35H,11-13H2/t17?,18?,19?,21?,22?,25-/m1/s1. The number of imidazole rings is 1. The van der Waals surface area contributed by atoms with Crippen LogP contribution in [-0.4, -0.2) is 72.8 Å². The van der Waals surface area contributed by atoms with Gasteiger partial charge in [-0.05, 0) is 22.7 Å². The van der Waals surface area contributed by atoms with Gasteiger partial charge in [-0.25, -0.2) is 4.98 Å². The molecule has 0 amide bonds. The molecule has 186 valence electrons. The molecule has 2 fully saturated rings. The van der Waals surface area contributed by atoms with E-state index in [0.717, 1.165) is 0 Å². The van der Waals surface area contributed by atoms with E-state index in [0.29, 0.717) is 30.1 Å². The number of fused-ring (bicyclic) bond motifs is 1. The molecular weight excluding hydrogens is 482 g/mol. The van der Waals surface area contributed by atoms with Gasteiger partial charge in [0.1, 0.15) is 18.3 Å². The fourth-order valence-corrected chi connectivity index (χ4v) is 5.61. The van der Waals surface area contributed by atoms with E-state index in [1.165, 1.54) is 22.0 Å². The Kier molecular flexibility index (Phi) is 6.10. The Bertz CT molecular complexity index is 1310. The molecule has 0 saturated carbocycles. The number of halogens is 1. The predicted molar refractivity (Wildman–Crippen MR) is 134 cm³/mol. The summed E-state index contributed by atoms with van der Waals surface area (Å²) in [6.07, 6.45) is -2.86. The molecule has 6 atom stereocenters. The molecule has 36 heavy (non-hydrogen) atoms. The minimum Gasteiger partial charge on any atom is -0.394 e. The van der Waals surface area contributed by atoms with Gasteiger partial charge in [0.25, 0.3) is 0 Å². The van der Waals surface area contributed by atoms with Crippen LogP contribution in [0.4, 0.5) is 5.82 Å². The van der Waals surface area contributed by atoms with Gasteiger partial charge in [-0.3, -0.25) is 4.57 Å². The van der Waals surface area contributed by atoms with Crippen molar-refractivity contribution in [3.8, 4) is 0 Å². The lowest BCUT2D eigenvalue weighted by Crippen LogP contribution is -2.33. The van der Waals surface area contributed by atoms with Crippen LogP contribution in [0.3, 0.4) is 0 Å². The van der Waals surface area contributed by atoms with Gasteiger partial charge in [-0.2, -0.15) is 9.97 Å². The fraction of sp³-hybridized carbons (Fsp3) is 0.346. The third kappa shape index (κ3) is 3.93. The largest absolute Gasteiger partial charge is 0.394 e. The molecule has 0 spiro atoms. The molecule has 0 bridgehead atoms. The second kappa shape index (κ2) is 9.42. The molecule has 6 rings (SSSR count). The van der Waals surface area contributed by atoms with E-state index < -0.39 is 31.1 Å². The van der Waals surface area contributed by atoms with Crippen LogP contribution in [-0.2, 0) is 4.74 Å². The van der Waals surface area contributed by atoms with Crippen LogP contribution in [0.5, 0.6) is 0 Å². The number of aliphatic hydroxyl groups excluding tert-OH is 3. The van der Waals surface area contributed by atoms with Crippen LogP contribution >= 0.6 is 11.6 Å². The maximum absolute atomic E-state index is 10.5. The van der Waals surface area contributed by atoms with Crippen LogP contribution in [0.15, 0.2) is 67.0 Å². The predicted octanol–water partition coefficient (Wildman–Crippen LogP) is 2.48. The number of ether oxygens (including phenoxy) is 1. The molecular formula is C26H26ClN5O4. The lowest BCUT2D eigenvalue weighted by Gasteiger charge is -2.19. The number of aromatic nitrogens is 4. The minimum atomic E-state index is -1.26. The van der Waals surface area contributed by atoms with Crippen molar-refractivity contribution in [3.63, 3.8) is 0 Å². The lowest BCUT2D eigenvalue weighted by molar-refractivity contribution is -0.0511. The molecule has 5 unspecified atom stereocenters. The van der Waals surface area contributed by atoms with Crippen molar-refractivity contribution in [3.05, 3.63) is 83.4 Å². The minimum absolute atomic E-state index is 0.0467. The highest BCUT2D eigenvalue weighted by Crippen LogP contribution is 2.42. The molecule has 2 aromatic carbocycles. The topological polar surface area (TPSA) is 117 Å². The van der Waals surface area contributed by atoms with Crippen molar-refractivity contribution in [2.45, 2.75) is 36.4 Å². The van der Waals surface area contributed by atoms with Crippen molar-refractivity contribution in [1.82, 2.24) is 19.5 Å². The number of aliphatic hydroxyl groups is 3. The molecule has 0 aliphatic carbocycles. The van der Waals surface area contributed by atoms with Crippen LogP contribution < -0.4 is 4.90 Å². The van der Waals surface area contributed by atoms with Gasteiger partial charge in [0, 0.05) is 24.9 Å². The third-order valence-electron chi connectivity index (χ3n) is 7.24. The molecule has 4 heterocycles. The SMILES string of the molecule is OCC1O[C@@H](n2cnc3c(N4CC(c5ccccc5)C(c5ccccc5)C4)nc(Cl)nc32)C(O)C1O. The van der Waals surface area contributed by atoms with Gasteiger partial charge in [0.2, 0.25) is 5.28 Å². The highest BCUT2D eigenvalue weighted by atomic mass is 35.5. The summed E-state index contributed by atoms with van der Waals surface area (Å²) in [5, 5.41) is 30.3. The molecule has 2 aromatic heterocycles. The van der Waals surface area contributed by atoms with Crippen LogP contribution in [0, 0.1) is 0 Å². The Labute approximate surface area is 212 Å². The van der Waals surface area contributed by atoms with E-state index in [1.807, 2.05) is 12.1 Å². The fourth-order valence-electron chi connectivity index (χ4n) is 5.45. The zero-order valence-electron chi connectivity index (χ0n) is 19.3. The quantitative estimate of drug-likeness (QED) is 0.353. The molecule has 9 nitrogen and oxygen atoms in total. The first-order valence-corrected chi connectivity index (χ1v) is 12.3. The van der Waals surface area contributed by atoms with Crippen molar-refractivity contribution >= 4 is 28.6 Å². The second-order valence-electron chi connectivity index (χ2n) is 9.31. The number of rotatable bonds is 5. The smallest absolute Gasteiger partial charge is 0.226 e. The molecule has 10 heteroatoms.